The zero-order chi connectivity index (χ0) is 26.9. The maximum Gasteiger partial charge on any atom is 0.389 e. The number of morpholine rings is 1. The van der Waals surface area contributed by atoms with Gasteiger partial charge in [0.25, 0.3) is 0 Å². The van der Waals surface area contributed by atoms with Crippen LogP contribution in [0.25, 0.3) is 22.5 Å². The number of nitrogens with one attached hydrogen (secondary N) is 1. The van der Waals surface area contributed by atoms with E-state index < -0.39 is 18.5 Å². The van der Waals surface area contributed by atoms with E-state index in [4.69, 9.17) is 9.72 Å². The second kappa shape index (κ2) is 10.6. The SMILES string of the molecule is Cc1ccc(NC(=O)N2CC[C@@H](CC(F)(F)F)C2)cc1-c1cc(-c2ccn(C)n2)nc(N2CCOCC2)c1. The predicted molar refractivity (Wildman–Crippen MR) is 139 cm³/mol. The van der Waals surface area contributed by atoms with Crippen molar-refractivity contribution in [3.8, 4) is 22.5 Å². The number of aromatic nitrogens is 3. The Bertz CT molecular complexity index is 1300. The molecule has 0 aliphatic carbocycles. The van der Waals surface area contributed by atoms with Gasteiger partial charge in [0.05, 0.1) is 18.9 Å². The number of nitrogens with zero attached hydrogens (tertiary/aromatic N) is 5. The van der Waals surface area contributed by atoms with Crippen molar-refractivity contribution in [1.29, 1.82) is 0 Å². The summed E-state index contributed by atoms with van der Waals surface area (Å²) in [6.07, 6.45) is -2.86. The van der Waals surface area contributed by atoms with Crippen molar-refractivity contribution in [3.63, 3.8) is 0 Å². The molecule has 11 heteroatoms. The third-order valence-electron chi connectivity index (χ3n) is 7.02. The van der Waals surface area contributed by atoms with Crippen LogP contribution >= 0.6 is 0 Å². The molecule has 1 N–H and O–H groups in total. The quantitative estimate of drug-likeness (QED) is 0.499. The molecule has 2 aliphatic heterocycles. The molecule has 8 nitrogen and oxygen atoms in total. The first kappa shape index (κ1) is 26.0. The summed E-state index contributed by atoms with van der Waals surface area (Å²) in [5.74, 6) is 0.267. The molecule has 2 aromatic heterocycles. The molecule has 1 atom stereocenters. The zero-order valence-electron chi connectivity index (χ0n) is 21.5. The molecule has 0 unspecified atom stereocenters. The minimum atomic E-state index is -4.22. The molecule has 5 rings (SSSR count). The lowest BCUT2D eigenvalue weighted by molar-refractivity contribution is -0.143. The highest BCUT2D eigenvalue weighted by atomic mass is 19.4. The summed E-state index contributed by atoms with van der Waals surface area (Å²) in [6.45, 7) is 5.14. The fraction of sp³-hybridized carbons (Fsp3) is 0.444. The van der Waals surface area contributed by atoms with Crippen LogP contribution in [0.2, 0.25) is 0 Å². The number of urea groups is 1. The molecule has 0 bridgehead atoms. The van der Waals surface area contributed by atoms with Crippen LogP contribution in [0.3, 0.4) is 0 Å². The van der Waals surface area contributed by atoms with Gasteiger partial charge in [-0.2, -0.15) is 18.3 Å². The Morgan fingerprint density at radius 2 is 1.89 bits per heavy atom. The number of hydrogen-bond acceptors (Lipinski definition) is 5. The summed E-state index contributed by atoms with van der Waals surface area (Å²) in [5.41, 5.74) is 4.95. The maximum absolute atomic E-state index is 12.9. The standard InChI is InChI=1S/C27H31F3N6O2/c1-18-3-4-21(31-26(37)36-8-5-19(17-36)16-27(28,29)30)15-22(18)20-13-24(23-6-7-34(2)33-23)32-25(14-20)35-9-11-38-12-10-35/h3-4,6-7,13-15,19H,5,8-12,16-17H2,1-2H3,(H,31,37)/t19-/m0/s1. The van der Waals surface area contributed by atoms with E-state index in [0.29, 0.717) is 31.9 Å². The second-order valence-electron chi connectivity index (χ2n) is 9.95. The molecule has 1 aromatic carbocycles. The number of aryl methyl sites for hydroxylation is 2. The zero-order valence-corrected chi connectivity index (χ0v) is 21.5. The Morgan fingerprint density at radius 3 is 2.61 bits per heavy atom. The minimum Gasteiger partial charge on any atom is -0.378 e. The van der Waals surface area contributed by atoms with E-state index in [9.17, 15) is 18.0 Å². The van der Waals surface area contributed by atoms with Gasteiger partial charge in [-0.1, -0.05) is 6.07 Å². The van der Waals surface area contributed by atoms with Gasteiger partial charge < -0.3 is 19.9 Å². The summed E-state index contributed by atoms with van der Waals surface area (Å²) in [7, 11) is 1.86. The maximum atomic E-state index is 12.9. The highest BCUT2D eigenvalue weighted by molar-refractivity contribution is 5.91. The van der Waals surface area contributed by atoms with Gasteiger partial charge in [-0.3, -0.25) is 4.68 Å². The van der Waals surface area contributed by atoms with Crippen molar-refractivity contribution in [2.24, 2.45) is 13.0 Å². The number of hydrogen-bond donors (Lipinski definition) is 1. The molecule has 0 spiro atoms. The smallest absolute Gasteiger partial charge is 0.378 e. The first-order chi connectivity index (χ1) is 18.1. The van der Waals surface area contributed by atoms with Gasteiger partial charge in [-0.15, -0.1) is 0 Å². The lowest BCUT2D eigenvalue weighted by Gasteiger charge is -2.28. The van der Waals surface area contributed by atoms with E-state index >= 15 is 0 Å². The van der Waals surface area contributed by atoms with Gasteiger partial charge in [0.2, 0.25) is 0 Å². The van der Waals surface area contributed by atoms with Gasteiger partial charge in [0.15, 0.2) is 0 Å². The first-order valence-corrected chi connectivity index (χ1v) is 12.7. The Hall–Kier alpha value is -3.60. The summed E-state index contributed by atoms with van der Waals surface area (Å²) in [6, 6.07) is 11.2. The van der Waals surface area contributed by atoms with E-state index in [-0.39, 0.29) is 12.6 Å². The second-order valence-corrected chi connectivity index (χ2v) is 9.95. The van der Waals surface area contributed by atoms with E-state index in [1.165, 1.54) is 4.90 Å². The first-order valence-electron chi connectivity index (χ1n) is 12.7. The average molecular weight is 529 g/mol. The van der Waals surface area contributed by atoms with Crippen LogP contribution in [-0.4, -0.2) is 71.3 Å². The number of pyridine rings is 1. The average Bonchev–Trinajstić information content (AvgIpc) is 3.53. The molecule has 0 saturated carbocycles. The van der Waals surface area contributed by atoms with Gasteiger partial charge in [0.1, 0.15) is 11.5 Å². The third kappa shape index (κ3) is 6.09. The number of ether oxygens (including phenoxy) is 1. The Morgan fingerprint density at radius 1 is 1.11 bits per heavy atom. The minimum absolute atomic E-state index is 0.102. The Kier molecular flexibility index (Phi) is 7.29. The molecule has 4 heterocycles. The summed E-state index contributed by atoms with van der Waals surface area (Å²) in [5, 5.41) is 7.41. The molecule has 2 fully saturated rings. The number of amides is 2. The van der Waals surface area contributed by atoms with Gasteiger partial charge in [-0.05, 0) is 66.3 Å². The van der Waals surface area contributed by atoms with Crippen LogP contribution in [0.5, 0.6) is 0 Å². The van der Waals surface area contributed by atoms with Crippen molar-refractivity contribution >= 4 is 17.5 Å². The molecule has 2 saturated heterocycles. The molecular weight excluding hydrogens is 497 g/mol. The normalized spacial score (nSPS) is 18.2. The summed E-state index contributed by atoms with van der Waals surface area (Å²) < 4.78 is 45.6. The topological polar surface area (TPSA) is 75.5 Å². The third-order valence-corrected chi connectivity index (χ3v) is 7.02. The Labute approximate surface area is 219 Å². The number of benzene rings is 1. The highest BCUT2D eigenvalue weighted by Gasteiger charge is 2.36. The largest absolute Gasteiger partial charge is 0.389 e. The Balaban J connectivity index is 1.41. The number of carbonyl (C=O) groups is 1. The fourth-order valence-corrected chi connectivity index (χ4v) is 5.03. The number of carbonyl (C=O) groups excluding carboxylic acids is 1. The number of halogens is 3. The van der Waals surface area contributed by atoms with Gasteiger partial charge >= 0.3 is 12.2 Å². The molecule has 2 aliphatic rings. The van der Waals surface area contributed by atoms with Gasteiger partial charge in [-0.25, -0.2) is 9.78 Å². The van der Waals surface area contributed by atoms with Crippen molar-refractivity contribution in [2.75, 3.05) is 49.6 Å². The fourth-order valence-electron chi connectivity index (χ4n) is 5.03. The number of anilines is 2. The van der Waals surface area contributed by atoms with E-state index in [2.05, 4.69) is 15.3 Å². The summed E-state index contributed by atoms with van der Waals surface area (Å²) >= 11 is 0. The molecule has 38 heavy (non-hydrogen) atoms. The molecule has 2 amide bonds. The molecule has 3 aromatic rings. The van der Waals surface area contributed by atoms with Crippen molar-refractivity contribution < 1.29 is 22.7 Å². The van der Waals surface area contributed by atoms with Crippen LogP contribution in [-0.2, 0) is 11.8 Å². The van der Waals surface area contributed by atoms with Gasteiger partial charge in [0, 0.05) is 51.5 Å². The highest BCUT2D eigenvalue weighted by Crippen LogP contribution is 2.34. The lowest BCUT2D eigenvalue weighted by Crippen LogP contribution is -2.36. The number of likely N-dealkylation sites (tertiary alicyclic amines) is 1. The number of rotatable bonds is 5. The summed E-state index contributed by atoms with van der Waals surface area (Å²) in [4.78, 5) is 21.4. The molecule has 0 radical (unpaired) electrons. The molecular formula is C27H31F3N6O2. The van der Waals surface area contributed by atoms with Crippen LogP contribution in [0.15, 0.2) is 42.6 Å². The van der Waals surface area contributed by atoms with Crippen LogP contribution in [0.4, 0.5) is 29.5 Å². The van der Waals surface area contributed by atoms with Crippen LogP contribution in [0.1, 0.15) is 18.4 Å². The monoisotopic (exact) mass is 528 g/mol. The van der Waals surface area contributed by atoms with E-state index in [1.807, 2.05) is 56.6 Å². The van der Waals surface area contributed by atoms with Crippen molar-refractivity contribution in [2.45, 2.75) is 25.9 Å². The van der Waals surface area contributed by atoms with Crippen molar-refractivity contribution in [3.05, 3.63) is 48.2 Å². The molecule has 202 valence electrons. The van der Waals surface area contributed by atoms with E-state index in [1.54, 1.807) is 4.68 Å². The van der Waals surface area contributed by atoms with Crippen molar-refractivity contribution in [1.82, 2.24) is 19.7 Å². The number of alkyl halides is 3. The predicted octanol–water partition coefficient (Wildman–Crippen LogP) is 5.10. The lowest BCUT2D eigenvalue weighted by atomic mass is 9.99. The van der Waals surface area contributed by atoms with E-state index in [0.717, 1.165) is 47.0 Å². The van der Waals surface area contributed by atoms with Crippen LogP contribution in [0, 0.1) is 12.8 Å². The van der Waals surface area contributed by atoms with Crippen LogP contribution < -0.4 is 10.2 Å².